The zero-order valence-corrected chi connectivity index (χ0v) is 12.0. The molecule has 0 atom stereocenters. The van der Waals surface area contributed by atoms with E-state index in [2.05, 4.69) is 5.32 Å². The van der Waals surface area contributed by atoms with Gasteiger partial charge in [-0.25, -0.2) is 8.78 Å². The quantitative estimate of drug-likeness (QED) is 0.336. The molecule has 0 spiro atoms. The molecule has 0 amide bonds. The Bertz CT molecular complexity index is 539. The van der Waals surface area contributed by atoms with E-state index < -0.39 is 51.3 Å². The molecule has 0 aromatic heterocycles. The average Bonchev–Trinajstić information content (AvgIpc) is 2.32. The molecule has 0 unspecified atom stereocenters. The monoisotopic (exact) mass is 281 g/mol. The third kappa shape index (κ3) is 2.16. The van der Waals surface area contributed by atoms with Crippen molar-refractivity contribution < 1.29 is 22.3 Å². The van der Waals surface area contributed by atoms with Gasteiger partial charge >= 0.3 is 0 Å². The van der Waals surface area contributed by atoms with Crippen molar-refractivity contribution in [2.45, 2.75) is 16.8 Å². The molecule has 0 radical (unpaired) electrons. The minimum absolute atomic E-state index is 0.555. The third-order valence-corrected chi connectivity index (χ3v) is 3.63. The van der Waals surface area contributed by atoms with Gasteiger partial charge in [-0.3, -0.25) is 0 Å². The Balaban J connectivity index is 2.45. The minimum Gasteiger partial charge on any atom is -0.483 e. The molecule has 1 aromatic rings. The van der Waals surface area contributed by atoms with Crippen LogP contribution in [0.5, 0.6) is 5.75 Å². The molecule has 1 saturated heterocycles. The van der Waals surface area contributed by atoms with Gasteiger partial charge in [0.1, 0.15) is 45.3 Å². The van der Waals surface area contributed by atoms with Crippen LogP contribution >= 0.6 is 0 Å². The van der Waals surface area contributed by atoms with Crippen LogP contribution in [0.15, 0.2) is 0 Å². The fourth-order valence-electron chi connectivity index (χ4n) is 3.02. The Morgan fingerprint density at radius 3 is 1.60 bits per heavy atom. The Kier molecular flexibility index (Phi) is 3.48. The molecule has 11 heteroatoms. The van der Waals surface area contributed by atoms with Crippen LogP contribution in [0.4, 0.5) is 17.6 Å². The third-order valence-electron chi connectivity index (χ3n) is 3.63. The molecule has 0 aliphatic carbocycles. The van der Waals surface area contributed by atoms with E-state index in [9.17, 15) is 17.6 Å². The predicted octanol–water partition coefficient (Wildman–Crippen LogP) is -4.31. The molecular formula is C9H12B5F4NO. The van der Waals surface area contributed by atoms with E-state index in [0.717, 1.165) is 7.85 Å². The van der Waals surface area contributed by atoms with E-state index >= 15 is 0 Å². The van der Waals surface area contributed by atoms with Crippen molar-refractivity contribution in [1.82, 2.24) is 5.32 Å². The van der Waals surface area contributed by atoms with Gasteiger partial charge in [0, 0.05) is 0 Å². The molecular weight excluding hydrogens is 268 g/mol. The Morgan fingerprint density at radius 2 is 1.25 bits per heavy atom. The van der Waals surface area contributed by atoms with Crippen LogP contribution in [-0.4, -0.2) is 56.0 Å². The zero-order chi connectivity index (χ0) is 15.5. The zero-order valence-electron chi connectivity index (χ0n) is 12.0. The molecule has 2 rings (SSSR count). The van der Waals surface area contributed by atoms with Gasteiger partial charge < -0.3 is 10.1 Å². The first kappa shape index (κ1) is 15.4. The first-order valence-corrected chi connectivity index (χ1v) is 6.27. The van der Waals surface area contributed by atoms with Crippen LogP contribution < -0.4 is 15.5 Å². The number of halogens is 4. The van der Waals surface area contributed by atoms with Gasteiger partial charge in [-0.1, -0.05) is 0 Å². The summed E-state index contributed by atoms with van der Waals surface area (Å²) >= 11 is 0. The molecule has 20 heavy (non-hydrogen) atoms. The van der Waals surface area contributed by atoms with E-state index in [0.29, 0.717) is 0 Å². The normalized spacial score (nSPS) is 20.4. The molecule has 1 heterocycles. The van der Waals surface area contributed by atoms with Crippen LogP contribution in [0.1, 0.15) is 0 Å². The largest absolute Gasteiger partial charge is 0.483 e. The topological polar surface area (TPSA) is 21.3 Å². The van der Waals surface area contributed by atoms with Gasteiger partial charge in [-0.2, -0.15) is 8.78 Å². The highest BCUT2D eigenvalue weighted by molar-refractivity contribution is 6.49. The predicted molar refractivity (Wildman–Crippen MR) is 81.6 cm³/mol. The first-order valence-electron chi connectivity index (χ1n) is 6.27. The summed E-state index contributed by atoms with van der Waals surface area (Å²) in [7, 11) is 8.08. The Labute approximate surface area is 119 Å². The van der Waals surface area contributed by atoms with Gasteiger partial charge in [0.25, 0.3) is 0 Å². The summed E-state index contributed by atoms with van der Waals surface area (Å²) in [6, 6.07) is 0. The van der Waals surface area contributed by atoms with Crippen LogP contribution in [-0.2, 0) is 0 Å². The molecule has 1 aromatic carbocycles. The van der Waals surface area contributed by atoms with Crippen LogP contribution in [0.3, 0.4) is 0 Å². The molecule has 1 fully saturated rings. The highest BCUT2D eigenvalue weighted by Crippen LogP contribution is 2.33. The summed E-state index contributed by atoms with van der Waals surface area (Å²) in [6.45, 7) is 0. The second-order valence-electron chi connectivity index (χ2n) is 6.28. The fraction of sp³-hybridized carbons (Fsp3) is 0.333. The van der Waals surface area contributed by atoms with Crippen molar-refractivity contribution >= 4 is 44.7 Å². The van der Waals surface area contributed by atoms with Crippen molar-refractivity contribution in [3.05, 3.63) is 23.3 Å². The summed E-state index contributed by atoms with van der Waals surface area (Å²) in [6.07, 6.45) is -0.625. The lowest BCUT2D eigenvalue weighted by Gasteiger charge is -2.59. The van der Waals surface area contributed by atoms with E-state index in [1.165, 1.54) is 0 Å². The molecule has 2 nitrogen and oxygen atoms in total. The maximum atomic E-state index is 13.8. The highest BCUT2D eigenvalue weighted by Gasteiger charge is 2.54. The summed E-state index contributed by atoms with van der Waals surface area (Å²) in [5.74, 6) is -6.86. The van der Waals surface area contributed by atoms with Gasteiger partial charge in [0.15, 0.2) is 17.4 Å². The van der Waals surface area contributed by atoms with Gasteiger partial charge in [0.05, 0.1) is 0 Å². The summed E-state index contributed by atoms with van der Waals surface area (Å²) < 4.78 is 59.9. The van der Waals surface area contributed by atoms with E-state index in [1.54, 1.807) is 31.4 Å². The van der Waals surface area contributed by atoms with Crippen molar-refractivity contribution in [1.29, 1.82) is 0 Å². The van der Waals surface area contributed by atoms with Crippen molar-refractivity contribution in [3.8, 4) is 5.75 Å². The molecule has 0 bridgehead atoms. The molecule has 1 aliphatic heterocycles. The van der Waals surface area contributed by atoms with Gasteiger partial charge in [-0.15, -0.1) is 0 Å². The number of nitrogens with one attached hydrogen (secondary N) is 1. The lowest BCUT2D eigenvalue weighted by molar-refractivity contribution is 0.0525. The average molecular weight is 280 g/mol. The number of ether oxygens (including phenoxy) is 1. The van der Waals surface area contributed by atoms with Crippen molar-refractivity contribution in [3.63, 3.8) is 0 Å². The molecule has 0 saturated carbocycles. The van der Waals surface area contributed by atoms with Crippen LogP contribution in [0.25, 0.3) is 0 Å². The van der Waals surface area contributed by atoms with Gasteiger partial charge in [-0.05, 0) is 16.1 Å². The number of hydrogen-bond donors (Lipinski definition) is 1. The summed E-state index contributed by atoms with van der Waals surface area (Å²) in [5, 5.41) is 2.04. The van der Waals surface area contributed by atoms with Gasteiger partial charge in [0.2, 0.25) is 11.6 Å². The molecule has 102 valence electrons. The number of benzene rings is 1. The smallest absolute Gasteiger partial charge is 0.203 e. The Hall–Kier alpha value is -0.975. The lowest BCUT2D eigenvalue weighted by atomic mass is 9.38. The SMILES string of the molecule is Bc1c(F)c(F)c(OC2C(B)(B)NC2(B)B)c(F)c1F. The van der Waals surface area contributed by atoms with E-state index in [-0.39, 0.29) is 0 Å². The van der Waals surface area contributed by atoms with Crippen molar-refractivity contribution in [2.24, 2.45) is 0 Å². The second kappa shape index (κ2) is 4.51. The van der Waals surface area contributed by atoms with Crippen LogP contribution in [0, 0.1) is 23.3 Å². The van der Waals surface area contributed by atoms with Crippen LogP contribution in [0.2, 0.25) is 0 Å². The van der Waals surface area contributed by atoms with Crippen molar-refractivity contribution in [2.75, 3.05) is 0 Å². The van der Waals surface area contributed by atoms with E-state index in [4.69, 9.17) is 4.74 Å². The number of hydrogen-bond acceptors (Lipinski definition) is 2. The standard InChI is InChI=1S/C9H12B5F4NO/c10-1-2(15)4(17)6(5(18)3(1)16)20-7-8(11,12)19-9(7,13)14/h7,19H,10-14H2. The second-order valence-corrected chi connectivity index (χ2v) is 6.28. The Morgan fingerprint density at radius 1 is 0.850 bits per heavy atom. The summed E-state index contributed by atoms with van der Waals surface area (Å²) in [5.41, 5.74) is -0.697. The number of rotatable bonds is 2. The first-order chi connectivity index (χ1) is 8.99. The lowest BCUT2D eigenvalue weighted by Crippen LogP contribution is -2.86. The molecule has 1 N–H and O–H groups in total. The molecule has 1 aliphatic rings. The minimum atomic E-state index is -1.50. The fourth-order valence-corrected chi connectivity index (χ4v) is 3.02. The highest BCUT2D eigenvalue weighted by atomic mass is 19.2. The summed E-state index contributed by atoms with van der Waals surface area (Å²) in [4.78, 5) is 0. The van der Waals surface area contributed by atoms with E-state index in [1.807, 2.05) is 0 Å². The maximum absolute atomic E-state index is 13.8. The maximum Gasteiger partial charge on any atom is 0.203 e.